The van der Waals surface area contributed by atoms with Gasteiger partial charge in [-0.15, -0.1) is 0 Å². The SMILES string of the molecule is CN(C)C1C[CH]CCC1N. The standard InChI is InChI=1S/C8H17N2/c1-10(2)8-6-4-3-5-7(8)9/h4,7-8H,3,5-6,9H2,1-2H3. The topological polar surface area (TPSA) is 29.3 Å². The Balaban J connectivity index is 2.40. The van der Waals surface area contributed by atoms with Crippen molar-refractivity contribution in [2.45, 2.75) is 31.3 Å². The van der Waals surface area contributed by atoms with Gasteiger partial charge in [0.2, 0.25) is 0 Å². The molecule has 0 saturated heterocycles. The van der Waals surface area contributed by atoms with Gasteiger partial charge in [0.1, 0.15) is 0 Å². The van der Waals surface area contributed by atoms with Gasteiger partial charge in [0.05, 0.1) is 0 Å². The minimum absolute atomic E-state index is 0.389. The molecule has 1 aliphatic rings. The first-order valence-electron chi connectivity index (χ1n) is 3.95. The van der Waals surface area contributed by atoms with Crippen molar-refractivity contribution in [1.29, 1.82) is 0 Å². The van der Waals surface area contributed by atoms with Crippen LogP contribution in [0.1, 0.15) is 19.3 Å². The molecule has 0 aromatic rings. The summed E-state index contributed by atoms with van der Waals surface area (Å²) in [6.07, 6.45) is 5.86. The van der Waals surface area contributed by atoms with Gasteiger partial charge >= 0.3 is 0 Å². The highest BCUT2D eigenvalue weighted by molar-refractivity contribution is 4.90. The Bertz CT molecular complexity index is 101. The lowest BCUT2D eigenvalue weighted by molar-refractivity contribution is 0.224. The van der Waals surface area contributed by atoms with E-state index in [1.807, 2.05) is 0 Å². The van der Waals surface area contributed by atoms with E-state index in [1.54, 1.807) is 0 Å². The molecule has 1 saturated carbocycles. The van der Waals surface area contributed by atoms with Gasteiger partial charge in [0, 0.05) is 12.1 Å². The molecule has 0 heterocycles. The Morgan fingerprint density at radius 3 is 2.60 bits per heavy atom. The Kier molecular flexibility index (Phi) is 2.69. The molecule has 2 nitrogen and oxygen atoms in total. The fraction of sp³-hybridized carbons (Fsp3) is 0.875. The number of hydrogen-bond donors (Lipinski definition) is 1. The summed E-state index contributed by atoms with van der Waals surface area (Å²) in [4.78, 5) is 2.22. The van der Waals surface area contributed by atoms with E-state index < -0.39 is 0 Å². The van der Waals surface area contributed by atoms with Gasteiger partial charge in [-0.3, -0.25) is 0 Å². The minimum atomic E-state index is 0.389. The second-order valence-corrected chi connectivity index (χ2v) is 3.30. The highest BCUT2D eigenvalue weighted by Crippen LogP contribution is 2.18. The second kappa shape index (κ2) is 3.35. The average molecular weight is 141 g/mol. The number of nitrogens with zero attached hydrogens (tertiary/aromatic N) is 1. The molecule has 59 valence electrons. The molecule has 2 atom stereocenters. The van der Waals surface area contributed by atoms with E-state index in [2.05, 4.69) is 25.4 Å². The molecule has 2 unspecified atom stereocenters. The predicted octanol–water partition coefficient (Wildman–Crippen LogP) is 0.632. The molecule has 0 bridgehead atoms. The fourth-order valence-electron chi connectivity index (χ4n) is 1.56. The van der Waals surface area contributed by atoms with Crippen LogP contribution in [-0.4, -0.2) is 31.1 Å². The van der Waals surface area contributed by atoms with Crippen LogP contribution in [0.15, 0.2) is 0 Å². The van der Waals surface area contributed by atoms with Crippen molar-refractivity contribution >= 4 is 0 Å². The van der Waals surface area contributed by atoms with E-state index in [4.69, 9.17) is 5.73 Å². The van der Waals surface area contributed by atoms with Crippen LogP contribution in [0.25, 0.3) is 0 Å². The van der Waals surface area contributed by atoms with Crippen molar-refractivity contribution in [3.05, 3.63) is 6.42 Å². The highest BCUT2D eigenvalue weighted by Gasteiger charge is 2.22. The fourth-order valence-corrected chi connectivity index (χ4v) is 1.56. The summed E-state index contributed by atoms with van der Waals surface area (Å²) >= 11 is 0. The maximum atomic E-state index is 5.92. The molecule has 1 radical (unpaired) electrons. The molecule has 1 aliphatic carbocycles. The molecule has 0 amide bonds. The lowest BCUT2D eigenvalue weighted by Crippen LogP contribution is -2.46. The van der Waals surface area contributed by atoms with Crippen LogP contribution in [0.3, 0.4) is 0 Å². The van der Waals surface area contributed by atoms with E-state index in [0.717, 1.165) is 12.8 Å². The van der Waals surface area contributed by atoms with E-state index in [9.17, 15) is 0 Å². The van der Waals surface area contributed by atoms with E-state index in [1.165, 1.54) is 6.42 Å². The number of nitrogens with two attached hydrogens (primary N) is 1. The third-order valence-electron chi connectivity index (χ3n) is 2.27. The second-order valence-electron chi connectivity index (χ2n) is 3.30. The van der Waals surface area contributed by atoms with Crippen LogP contribution < -0.4 is 5.73 Å². The first kappa shape index (κ1) is 8.02. The molecular formula is C8H17N2. The van der Waals surface area contributed by atoms with Crippen LogP contribution in [0.2, 0.25) is 0 Å². The molecule has 2 N–H and O–H groups in total. The first-order valence-corrected chi connectivity index (χ1v) is 3.95. The van der Waals surface area contributed by atoms with Gasteiger partial charge in [0.25, 0.3) is 0 Å². The molecule has 0 aliphatic heterocycles. The molecule has 1 rings (SSSR count). The maximum absolute atomic E-state index is 5.92. The largest absolute Gasteiger partial charge is 0.326 e. The quantitative estimate of drug-likeness (QED) is 0.580. The summed E-state index contributed by atoms with van der Waals surface area (Å²) in [6, 6.07) is 0.966. The zero-order valence-electron chi connectivity index (χ0n) is 6.88. The average Bonchev–Trinajstić information content (AvgIpc) is 1.88. The minimum Gasteiger partial charge on any atom is -0.326 e. The Morgan fingerprint density at radius 2 is 2.20 bits per heavy atom. The third kappa shape index (κ3) is 1.70. The first-order chi connectivity index (χ1) is 4.72. The number of rotatable bonds is 1. The number of likely N-dealkylation sites (N-methyl/N-ethyl adjacent to an activating group) is 1. The van der Waals surface area contributed by atoms with Crippen LogP contribution in [0, 0.1) is 6.42 Å². The van der Waals surface area contributed by atoms with Crippen molar-refractivity contribution in [3.63, 3.8) is 0 Å². The van der Waals surface area contributed by atoms with Crippen molar-refractivity contribution in [1.82, 2.24) is 4.90 Å². The van der Waals surface area contributed by atoms with Crippen LogP contribution in [0.5, 0.6) is 0 Å². The van der Waals surface area contributed by atoms with Crippen molar-refractivity contribution in [2.24, 2.45) is 5.73 Å². The van der Waals surface area contributed by atoms with Crippen LogP contribution >= 0.6 is 0 Å². The summed E-state index contributed by atoms with van der Waals surface area (Å²) < 4.78 is 0. The van der Waals surface area contributed by atoms with Gasteiger partial charge < -0.3 is 10.6 Å². The zero-order chi connectivity index (χ0) is 7.56. The van der Waals surface area contributed by atoms with E-state index >= 15 is 0 Å². The molecule has 2 heteroatoms. The van der Waals surface area contributed by atoms with Crippen molar-refractivity contribution < 1.29 is 0 Å². The highest BCUT2D eigenvalue weighted by atomic mass is 15.1. The van der Waals surface area contributed by atoms with Crippen LogP contribution in [-0.2, 0) is 0 Å². The van der Waals surface area contributed by atoms with E-state index in [-0.39, 0.29) is 0 Å². The molecule has 1 fully saturated rings. The summed E-state index contributed by atoms with van der Waals surface area (Å²) in [5.41, 5.74) is 5.92. The van der Waals surface area contributed by atoms with Crippen molar-refractivity contribution in [3.8, 4) is 0 Å². The smallest absolute Gasteiger partial charge is 0.0243 e. The lowest BCUT2D eigenvalue weighted by Gasteiger charge is -2.33. The lowest BCUT2D eigenvalue weighted by atomic mass is 9.90. The van der Waals surface area contributed by atoms with Gasteiger partial charge in [-0.1, -0.05) is 0 Å². The Hall–Kier alpha value is -0.0800. The molecule has 0 spiro atoms. The summed E-state index contributed by atoms with van der Waals surface area (Å²) in [5.74, 6) is 0. The number of hydrogen-bond acceptors (Lipinski definition) is 2. The molecule has 0 aromatic carbocycles. The summed E-state index contributed by atoms with van der Waals surface area (Å²) in [6.45, 7) is 0. The molecule has 10 heavy (non-hydrogen) atoms. The van der Waals surface area contributed by atoms with Gasteiger partial charge in [-0.2, -0.15) is 0 Å². The normalized spacial score (nSPS) is 34.8. The Morgan fingerprint density at radius 1 is 1.50 bits per heavy atom. The monoisotopic (exact) mass is 141 g/mol. The third-order valence-corrected chi connectivity index (χ3v) is 2.27. The van der Waals surface area contributed by atoms with Crippen LogP contribution in [0.4, 0.5) is 0 Å². The molecule has 0 aromatic heterocycles. The zero-order valence-corrected chi connectivity index (χ0v) is 6.88. The van der Waals surface area contributed by atoms with Gasteiger partial charge in [-0.25, -0.2) is 0 Å². The van der Waals surface area contributed by atoms with Crippen molar-refractivity contribution in [2.75, 3.05) is 14.1 Å². The summed E-state index contributed by atoms with van der Waals surface area (Å²) in [5, 5.41) is 0. The summed E-state index contributed by atoms with van der Waals surface area (Å²) in [7, 11) is 4.20. The van der Waals surface area contributed by atoms with Gasteiger partial charge in [-0.05, 0) is 39.8 Å². The van der Waals surface area contributed by atoms with Gasteiger partial charge in [0.15, 0.2) is 0 Å². The Labute approximate surface area is 63.4 Å². The maximum Gasteiger partial charge on any atom is 0.0243 e. The molecular weight excluding hydrogens is 124 g/mol. The van der Waals surface area contributed by atoms with E-state index in [0.29, 0.717) is 12.1 Å². The predicted molar refractivity (Wildman–Crippen MR) is 43.6 cm³/mol.